The van der Waals surface area contributed by atoms with Crippen molar-refractivity contribution in [1.82, 2.24) is 0 Å². The molecule has 0 amide bonds. The Morgan fingerprint density at radius 2 is 1.14 bits per heavy atom. The van der Waals surface area contributed by atoms with E-state index in [0.29, 0.717) is 12.8 Å². The van der Waals surface area contributed by atoms with Crippen molar-refractivity contribution in [2.75, 3.05) is 13.2 Å². The molecule has 0 saturated carbocycles. The SMILES string of the molecule is CCCCCCCC(=O)OC[C@H](O)COC(=O)CCCCCCCCC(C)C. The van der Waals surface area contributed by atoms with Crippen LogP contribution in [0.15, 0.2) is 0 Å². The van der Waals surface area contributed by atoms with Crippen LogP contribution >= 0.6 is 0 Å². The molecule has 0 fully saturated rings. The van der Waals surface area contributed by atoms with E-state index in [1.54, 1.807) is 0 Å². The number of aliphatic hydroxyl groups excluding tert-OH is 1. The molecule has 28 heavy (non-hydrogen) atoms. The summed E-state index contributed by atoms with van der Waals surface area (Å²) in [5, 5.41) is 9.77. The van der Waals surface area contributed by atoms with Crippen molar-refractivity contribution < 1.29 is 24.2 Å². The number of unbranched alkanes of at least 4 members (excludes halogenated alkanes) is 9. The lowest BCUT2D eigenvalue weighted by Crippen LogP contribution is -2.25. The van der Waals surface area contributed by atoms with Crippen molar-refractivity contribution in [2.45, 2.75) is 117 Å². The van der Waals surface area contributed by atoms with Gasteiger partial charge in [-0.25, -0.2) is 0 Å². The fraction of sp³-hybridized carbons (Fsp3) is 0.913. The van der Waals surface area contributed by atoms with Gasteiger partial charge in [0.15, 0.2) is 0 Å². The summed E-state index contributed by atoms with van der Waals surface area (Å²) in [6.07, 6.45) is 13.3. The van der Waals surface area contributed by atoms with Crippen LogP contribution < -0.4 is 0 Å². The molecular formula is C23H44O5. The van der Waals surface area contributed by atoms with Gasteiger partial charge in [-0.15, -0.1) is 0 Å². The number of esters is 2. The van der Waals surface area contributed by atoms with Crippen molar-refractivity contribution >= 4 is 11.9 Å². The van der Waals surface area contributed by atoms with Crippen LogP contribution in [0, 0.1) is 5.92 Å². The Morgan fingerprint density at radius 1 is 0.714 bits per heavy atom. The molecule has 5 nitrogen and oxygen atoms in total. The highest BCUT2D eigenvalue weighted by molar-refractivity contribution is 5.69. The standard InChI is InChI=1S/C23H44O5/c1-4-5-6-9-13-16-22(25)27-18-21(24)19-28-23(26)17-14-11-8-7-10-12-15-20(2)3/h20-21,24H,4-19H2,1-3H3/t21-/m0/s1. The number of ether oxygens (including phenoxy) is 2. The smallest absolute Gasteiger partial charge is 0.305 e. The van der Waals surface area contributed by atoms with Crippen LogP contribution in [0.25, 0.3) is 0 Å². The highest BCUT2D eigenvalue weighted by atomic mass is 16.6. The summed E-state index contributed by atoms with van der Waals surface area (Å²) in [5.74, 6) is 0.195. The average Bonchev–Trinajstić information content (AvgIpc) is 2.66. The van der Waals surface area contributed by atoms with Gasteiger partial charge in [-0.1, -0.05) is 85.0 Å². The van der Waals surface area contributed by atoms with Crippen molar-refractivity contribution in [3.05, 3.63) is 0 Å². The molecule has 0 aromatic heterocycles. The first-order valence-corrected chi connectivity index (χ1v) is 11.4. The van der Waals surface area contributed by atoms with Crippen molar-refractivity contribution in [1.29, 1.82) is 0 Å². The van der Waals surface area contributed by atoms with E-state index in [4.69, 9.17) is 9.47 Å². The lowest BCUT2D eigenvalue weighted by Gasteiger charge is -2.12. The van der Waals surface area contributed by atoms with Crippen molar-refractivity contribution in [3.63, 3.8) is 0 Å². The van der Waals surface area contributed by atoms with E-state index in [0.717, 1.165) is 44.4 Å². The van der Waals surface area contributed by atoms with Crippen LogP contribution in [0.3, 0.4) is 0 Å². The van der Waals surface area contributed by atoms with Gasteiger partial charge in [-0.3, -0.25) is 9.59 Å². The van der Waals surface area contributed by atoms with Gasteiger partial charge in [-0.2, -0.15) is 0 Å². The topological polar surface area (TPSA) is 72.8 Å². The molecule has 0 aromatic rings. The maximum absolute atomic E-state index is 11.7. The normalized spacial score (nSPS) is 12.2. The second-order valence-corrected chi connectivity index (χ2v) is 8.24. The molecular weight excluding hydrogens is 356 g/mol. The van der Waals surface area contributed by atoms with E-state index < -0.39 is 6.10 Å². The Hall–Kier alpha value is -1.10. The molecule has 5 heteroatoms. The Labute approximate surface area is 172 Å². The zero-order valence-electron chi connectivity index (χ0n) is 18.5. The second-order valence-electron chi connectivity index (χ2n) is 8.24. The number of rotatable bonds is 19. The highest BCUT2D eigenvalue weighted by Gasteiger charge is 2.12. The molecule has 0 radical (unpaired) electrons. The fourth-order valence-corrected chi connectivity index (χ4v) is 2.97. The second kappa shape index (κ2) is 19.2. The van der Waals surface area contributed by atoms with Crippen LogP contribution in [0.1, 0.15) is 111 Å². The average molecular weight is 401 g/mol. The number of hydrogen-bond acceptors (Lipinski definition) is 5. The first-order chi connectivity index (χ1) is 13.5. The summed E-state index contributed by atoms with van der Waals surface area (Å²) < 4.78 is 10.1. The predicted molar refractivity (Wildman–Crippen MR) is 113 cm³/mol. The Balaban J connectivity index is 3.49. The molecule has 1 N–H and O–H groups in total. The third kappa shape index (κ3) is 19.7. The Bertz CT molecular complexity index is 381. The van der Waals surface area contributed by atoms with Gasteiger partial charge in [-0.05, 0) is 18.8 Å². The van der Waals surface area contributed by atoms with E-state index in [9.17, 15) is 14.7 Å². The summed E-state index contributed by atoms with van der Waals surface area (Å²) in [6.45, 7) is 6.43. The molecule has 0 aromatic carbocycles. The molecule has 0 saturated heterocycles. The van der Waals surface area contributed by atoms with Crippen molar-refractivity contribution in [2.24, 2.45) is 5.92 Å². The van der Waals surface area contributed by atoms with E-state index in [-0.39, 0.29) is 25.2 Å². The van der Waals surface area contributed by atoms with Crippen LogP contribution in [-0.4, -0.2) is 36.4 Å². The van der Waals surface area contributed by atoms with E-state index in [1.165, 1.54) is 38.5 Å². The quantitative estimate of drug-likeness (QED) is 0.227. The maximum atomic E-state index is 11.7. The number of carbonyl (C=O) groups excluding carboxylic acids is 2. The number of aliphatic hydroxyl groups is 1. The molecule has 1 atom stereocenters. The van der Waals surface area contributed by atoms with Crippen LogP contribution in [-0.2, 0) is 19.1 Å². The minimum Gasteiger partial charge on any atom is -0.463 e. The minimum atomic E-state index is -0.950. The lowest BCUT2D eigenvalue weighted by molar-refractivity contribution is -0.152. The van der Waals surface area contributed by atoms with Crippen LogP contribution in [0.5, 0.6) is 0 Å². The third-order valence-corrected chi connectivity index (χ3v) is 4.77. The lowest BCUT2D eigenvalue weighted by atomic mass is 10.0. The largest absolute Gasteiger partial charge is 0.463 e. The van der Waals surface area contributed by atoms with E-state index in [2.05, 4.69) is 20.8 Å². The van der Waals surface area contributed by atoms with Crippen molar-refractivity contribution in [3.8, 4) is 0 Å². The van der Waals surface area contributed by atoms with Crippen LogP contribution in [0.4, 0.5) is 0 Å². The summed E-state index contributed by atoms with van der Waals surface area (Å²) in [4.78, 5) is 23.3. The van der Waals surface area contributed by atoms with Crippen LogP contribution in [0.2, 0.25) is 0 Å². The molecule has 0 bridgehead atoms. The zero-order valence-corrected chi connectivity index (χ0v) is 18.5. The predicted octanol–water partition coefficient (Wildman–Crippen LogP) is 5.57. The summed E-state index contributed by atoms with van der Waals surface area (Å²) in [7, 11) is 0. The van der Waals surface area contributed by atoms with Gasteiger partial charge in [0, 0.05) is 12.8 Å². The highest BCUT2D eigenvalue weighted by Crippen LogP contribution is 2.12. The Kier molecular flexibility index (Phi) is 18.5. The number of carbonyl (C=O) groups is 2. The summed E-state index contributed by atoms with van der Waals surface area (Å²) >= 11 is 0. The fourth-order valence-electron chi connectivity index (χ4n) is 2.97. The molecule has 0 unspecified atom stereocenters. The van der Waals surface area contributed by atoms with Gasteiger partial charge in [0.2, 0.25) is 0 Å². The zero-order chi connectivity index (χ0) is 21.0. The number of hydrogen-bond donors (Lipinski definition) is 1. The molecule has 0 aliphatic heterocycles. The molecule has 0 aliphatic carbocycles. The van der Waals surface area contributed by atoms with E-state index in [1.807, 2.05) is 0 Å². The van der Waals surface area contributed by atoms with E-state index >= 15 is 0 Å². The van der Waals surface area contributed by atoms with Gasteiger partial charge < -0.3 is 14.6 Å². The third-order valence-electron chi connectivity index (χ3n) is 4.77. The first-order valence-electron chi connectivity index (χ1n) is 11.4. The summed E-state index contributed by atoms with van der Waals surface area (Å²) in [6, 6.07) is 0. The molecule has 0 heterocycles. The first kappa shape index (κ1) is 26.9. The van der Waals surface area contributed by atoms with Gasteiger partial charge in [0.25, 0.3) is 0 Å². The Morgan fingerprint density at radius 3 is 1.61 bits per heavy atom. The molecule has 166 valence electrons. The molecule has 0 aliphatic rings. The molecule has 0 spiro atoms. The van der Waals surface area contributed by atoms with Gasteiger partial charge in [0.1, 0.15) is 19.3 Å². The summed E-state index contributed by atoms with van der Waals surface area (Å²) in [5.41, 5.74) is 0. The maximum Gasteiger partial charge on any atom is 0.305 e. The van der Waals surface area contributed by atoms with Gasteiger partial charge >= 0.3 is 11.9 Å². The molecule has 0 rings (SSSR count). The minimum absolute atomic E-state index is 0.113. The monoisotopic (exact) mass is 400 g/mol. The van der Waals surface area contributed by atoms with Gasteiger partial charge in [0.05, 0.1) is 0 Å².